The molecule has 3 aromatic heterocycles. The maximum atomic E-state index is 5.05. The first kappa shape index (κ1) is 21.4. The summed E-state index contributed by atoms with van der Waals surface area (Å²) in [6, 6.07) is 8.82. The first-order valence-electron chi connectivity index (χ1n) is 11.8. The zero-order valence-corrected chi connectivity index (χ0v) is 20.5. The van der Waals surface area contributed by atoms with E-state index < -0.39 is 0 Å². The Morgan fingerprint density at radius 1 is 0.909 bits per heavy atom. The molecule has 0 saturated heterocycles. The van der Waals surface area contributed by atoms with Crippen LogP contribution in [-0.2, 0) is 12.8 Å². The summed E-state index contributed by atoms with van der Waals surface area (Å²) in [7, 11) is 0. The smallest absolute Gasteiger partial charge is 0.0733 e. The van der Waals surface area contributed by atoms with Crippen LogP contribution < -0.4 is 0 Å². The van der Waals surface area contributed by atoms with Crippen LogP contribution in [-0.4, -0.2) is 19.9 Å². The van der Waals surface area contributed by atoms with Crippen molar-refractivity contribution in [3.63, 3.8) is 0 Å². The molecule has 2 aliphatic rings. The van der Waals surface area contributed by atoms with Gasteiger partial charge in [0.1, 0.15) is 0 Å². The van der Waals surface area contributed by atoms with E-state index in [0.29, 0.717) is 5.92 Å². The van der Waals surface area contributed by atoms with E-state index >= 15 is 0 Å². The number of aryl methyl sites for hydroxylation is 4. The van der Waals surface area contributed by atoms with Crippen LogP contribution >= 0.6 is 0 Å². The van der Waals surface area contributed by atoms with Crippen LogP contribution in [0, 0.1) is 20.8 Å². The molecule has 8 bridgehead atoms. The van der Waals surface area contributed by atoms with Crippen molar-refractivity contribution < 1.29 is 0 Å². The minimum atomic E-state index is 0.364. The van der Waals surface area contributed by atoms with E-state index in [4.69, 9.17) is 9.97 Å². The monoisotopic (exact) mass is 436 g/mol. The second-order valence-electron chi connectivity index (χ2n) is 9.46. The summed E-state index contributed by atoms with van der Waals surface area (Å²) in [5.41, 5.74) is 16.0. The van der Waals surface area contributed by atoms with Gasteiger partial charge in [0.15, 0.2) is 0 Å². The summed E-state index contributed by atoms with van der Waals surface area (Å²) >= 11 is 0. The highest BCUT2D eigenvalue weighted by molar-refractivity contribution is 5.96. The molecule has 2 aliphatic heterocycles. The van der Waals surface area contributed by atoms with Gasteiger partial charge in [0.25, 0.3) is 0 Å². The van der Waals surface area contributed by atoms with Crippen molar-refractivity contribution in [1.29, 1.82) is 0 Å². The lowest BCUT2D eigenvalue weighted by Gasteiger charge is -2.00. The first-order valence-corrected chi connectivity index (χ1v) is 11.8. The average molecular weight is 437 g/mol. The zero-order valence-electron chi connectivity index (χ0n) is 20.5. The molecule has 33 heavy (non-hydrogen) atoms. The van der Waals surface area contributed by atoms with Gasteiger partial charge in [-0.25, -0.2) is 4.98 Å². The van der Waals surface area contributed by atoms with Crippen molar-refractivity contribution in [2.75, 3.05) is 0 Å². The van der Waals surface area contributed by atoms with Crippen molar-refractivity contribution in [2.45, 2.75) is 60.3 Å². The van der Waals surface area contributed by atoms with Crippen LogP contribution in [0.2, 0.25) is 0 Å². The predicted octanol–water partition coefficient (Wildman–Crippen LogP) is 7.27. The Morgan fingerprint density at radius 3 is 2.36 bits per heavy atom. The van der Waals surface area contributed by atoms with E-state index in [2.05, 4.69) is 82.4 Å². The van der Waals surface area contributed by atoms with Gasteiger partial charge in [-0.05, 0) is 92.6 Å². The van der Waals surface area contributed by atoms with Crippen LogP contribution in [0.1, 0.15) is 71.7 Å². The fourth-order valence-electron chi connectivity index (χ4n) is 5.13. The summed E-state index contributed by atoms with van der Waals surface area (Å²) in [6.45, 7) is 17.2. The molecule has 3 aromatic rings. The molecule has 0 aliphatic carbocycles. The molecule has 4 heteroatoms. The third kappa shape index (κ3) is 3.45. The van der Waals surface area contributed by atoms with Gasteiger partial charge in [-0.3, -0.25) is 4.98 Å². The third-order valence-corrected chi connectivity index (χ3v) is 7.33. The highest BCUT2D eigenvalue weighted by atomic mass is 14.8. The standard InChI is InChI=1S/C29H32N4/c1-8-20-18(6)27-14-29-21(9-2)17(5)26(32-29)12-22-15(3)10-24(30-22)19(7)25-11-16(4)23(31-25)13-28(20)33-27/h9,11-15,31,33H,2,8,10H2,1,3-7H3/t15-/m0/s1. The number of aromatic amines is 2. The molecule has 4 nitrogen and oxygen atoms in total. The van der Waals surface area contributed by atoms with Gasteiger partial charge in [0.05, 0.1) is 11.4 Å². The largest absolute Gasteiger partial charge is 0.355 e. The highest BCUT2D eigenvalue weighted by Gasteiger charge is 2.21. The van der Waals surface area contributed by atoms with Crippen molar-refractivity contribution >= 4 is 33.2 Å². The van der Waals surface area contributed by atoms with Crippen LogP contribution in [0.25, 0.3) is 33.2 Å². The van der Waals surface area contributed by atoms with Crippen molar-refractivity contribution in [2.24, 2.45) is 0 Å². The molecule has 5 rings (SSSR count). The van der Waals surface area contributed by atoms with Crippen molar-refractivity contribution in [3.05, 3.63) is 81.9 Å². The Morgan fingerprint density at radius 2 is 1.64 bits per heavy atom. The molecule has 0 unspecified atom stereocenters. The fourth-order valence-corrected chi connectivity index (χ4v) is 5.13. The van der Waals surface area contributed by atoms with Gasteiger partial charge in [0.2, 0.25) is 0 Å². The summed E-state index contributed by atoms with van der Waals surface area (Å²) in [6.07, 6.45) is 3.83. The number of H-pyrrole nitrogens is 2. The highest BCUT2D eigenvalue weighted by Crippen LogP contribution is 2.34. The molecular weight excluding hydrogens is 404 g/mol. The SMILES string of the molecule is C=CC1=C(C)c2cc3nc(c(C)c4cc(C)c(cc5[nH]c(cc1n2)c(C)c5CC)[nH]4)C[C@@H]3C. The van der Waals surface area contributed by atoms with Crippen molar-refractivity contribution in [3.8, 4) is 0 Å². The van der Waals surface area contributed by atoms with Gasteiger partial charge < -0.3 is 9.97 Å². The minimum Gasteiger partial charge on any atom is -0.355 e. The van der Waals surface area contributed by atoms with Crippen LogP contribution in [0.5, 0.6) is 0 Å². The molecule has 1 atom stereocenters. The van der Waals surface area contributed by atoms with E-state index in [0.717, 1.165) is 68.8 Å². The first-order chi connectivity index (χ1) is 15.8. The lowest BCUT2D eigenvalue weighted by molar-refractivity contribution is 0.793. The second-order valence-corrected chi connectivity index (χ2v) is 9.46. The van der Waals surface area contributed by atoms with E-state index in [1.807, 2.05) is 6.08 Å². The summed E-state index contributed by atoms with van der Waals surface area (Å²) in [4.78, 5) is 17.4. The van der Waals surface area contributed by atoms with Crippen LogP contribution in [0.4, 0.5) is 0 Å². The lowest BCUT2D eigenvalue weighted by atomic mass is 10.0. The number of nitrogens with zero attached hydrogens (tertiary/aromatic N) is 2. The maximum absolute atomic E-state index is 5.05. The molecule has 0 saturated carbocycles. The van der Waals surface area contributed by atoms with Gasteiger partial charge in [-0.2, -0.15) is 0 Å². The van der Waals surface area contributed by atoms with Gasteiger partial charge in [0, 0.05) is 44.9 Å². The number of hydrogen-bond acceptors (Lipinski definition) is 2. The Hall–Kier alpha value is -3.40. The second kappa shape index (κ2) is 7.87. The van der Waals surface area contributed by atoms with Crippen LogP contribution in [0.15, 0.2) is 36.9 Å². The van der Waals surface area contributed by atoms with Gasteiger partial charge >= 0.3 is 0 Å². The lowest BCUT2D eigenvalue weighted by Crippen LogP contribution is -1.90. The zero-order chi connectivity index (χ0) is 23.4. The summed E-state index contributed by atoms with van der Waals surface area (Å²) in [5, 5.41) is 0. The predicted molar refractivity (Wildman–Crippen MR) is 139 cm³/mol. The summed E-state index contributed by atoms with van der Waals surface area (Å²) in [5.74, 6) is 0.364. The molecule has 0 aromatic carbocycles. The molecule has 168 valence electrons. The van der Waals surface area contributed by atoms with Crippen LogP contribution in [0.3, 0.4) is 0 Å². The van der Waals surface area contributed by atoms with Gasteiger partial charge in [-0.15, -0.1) is 0 Å². The number of allylic oxidation sites excluding steroid dienone is 3. The molecule has 0 radical (unpaired) electrons. The van der Waals surface area contributed by atoms with E-state index in [1.54, 1.807) is 0 Å². The average Bonchev–Trinajstić information content (AvgIpc) is 3.49. The molecule has 2 N–H and O–H groups in total. The number of rotatable bonds is 2. The topological polar surface area (TPSA) is 57.4 Å². The Bertz CT molecular complexity index is 1490. The van der Waals surface area contributed by atoms with Gasteiger partial charge in [-0.1, -0.05) is 26.5 Å². The molecular formula is C29H32N4. The van der Waals surface area contributed by atoms with Crippen molar-refractivity contribution in [1.82, 2.24) is 19.9 Å². The quantitative estimate of drug-likeness (QED) is 0.444. The molecule has 0 fully saturated rings. The normalized spacial score (nSPS) is 15.9. The van der Waals surface area contributed by atoms with E-state index in [1.165, 1.54) is 22.3 Å². The Balaban J connectivity index is 1.98. The van der Waals surface area contributed by atoms with E-state index in [-0.39, 0.29) is 0 Å². The number of hydrogen-bond donors (Lipinski definition) is 2. The Kier molecular flexibility index (Phi) is 5.12. The molecule has 0 amide bonds. The van der Waals surface area contributed by atoms with E-state index in [9.17, 15) is 0 Å². The third-order valence-electron chi connectivity index (χ3n) is 7.33. The minimum absolute atomic E-state index is 0.364. The maximum Gasteiger partial charge on any atom is 0.0733 e. The number of fused-ring (bicyclic) bond motifs is 8. The Labute approximate surface area is 195 Å². The number of nitrogens with one attached hydrogen (secondary N) is 2. The number of aromatic nitrogens is 4. The molecule has 0 spiro atoms. The molecule has 5 heterocycles. The summed E-state index contributed by atoms with van der Waals surface area (Å²) < 4.78 is 0. The fraction of sp³-hybridized carbons (Fsp3) is 0.310.